The van der Waals surface area contributed by atoms with Gasteiger partial charge in [0, 0.05) is 23.6 Å². The number of para-hydroxylation sites is 1. The number of carbonyl (C=O) groups excluding carboxylic acids is 3. The Morgan fingerprint density at radius 1 is 1.11 bits per heavy atom. The van der Waals surface area contributed by atoms with Gasteiger partial charge in [0.1, 0.15) is 11.6 Å². The van der Waals surface area contributed by atoms with Crippen molar-refractivity contribution in [1.29, 1.82) is 0 Å². The van der Waals surface area contributed by atoms with E-state index in [2.05, 4.69) is 26.6 Å². The van der Waals surface area contributed by atoms with E-state index in [0.717, 1.165) is 16.7 Å². The van der Waals surface area contributed by atoms with Crippen LogP contribution in [0.5, 0.6) is 0 Å². The number of fused-ring (bicyclic) bond motifs is 1. The second-order valence-corrected chi connectivity index (χ2v) is 11.1. The van der Waals surface area contributed by atoms with E-state index in [0.29, 0.717) is 18.7 Å². The lowest BCUT2D eigenvalue weighted by Gasteiger charge is -2.34. The lowest BCUT2D eigenvalue weighted by atomic mass is 9.70. The van der Waals surface area contributed by atoms with Gasteiger partial charge in [-0.05, 0) is 37.0 Å². The third-order valence-corrected chi connectivity index (χ3v) is 8.56. The molecule has 0 aromatic heterocycles. The summed E-state index contributed by atoms with van der Waals surface area (Å²) in [5.74, 6) is -2.51. The third-order valence-electron chi connectivity index (χ3n) is 7.72. The normalized spacial score (nSPS) is 30.4. The van der Waals surface area contributed by atoms with Crippen molar-refractivity contribution in [3.05, 3.63) is 65.2 Å². The first-order valence-electron chi connectivity index (χ1n) is 12.2. The van der Waals surface area contributed by atoms with Gasteiger partial charge in [-0.15, -0.1) is 0 Å². The van der Waals surface area contributed by atoms with Crippen molar-refractivity contribution in [3.8, 4) is 0 Å². The largest absolute Gasteiger partial charge is 0.395 e. The number of amides is 3. The summed E-state index contributed by atoms with van der Waals surface area (Å²) in [6, 6.07) is 14.3. The topological polar surface area (TPSA) is 108 Å². The molecule has 9 heteroatoms. The number of nitrogens with zero attached hydrogens (tertiary/aromatic N) is 1. The Hall–Kier alpha value is -2.75. The van der Waals surface area contributed by atoms with E-state index in [4.69, 9.17) is 4.74 Å². The van der Waals surface area contributed by atoms with Crippen molar-refractivity contribution < 1.29 is 24.2 Å². The highest BCUT2D eigenvalue weighted by Gasteiger charge is 2.76. The van der Waals surface area contributed by atoms with Gasteiger partial charge in [-0.2, -0.15) is 0 Å². The Kier molecular flexibility index (Phi) is 6.65. The number of carbonyl (C=O) groups is 3. The fraction of sp³-hybridized carbons (Fsp3) is 0.444. The first-order chi connectivity index (χ1) is 17.3. The first-order valence-corrected chi connectivity index (χ1v) is 13.1. The molecule has 8 nitrogen and oxygen atoms in total. The molecule has 3 amide bonds. The molecule has 36 heavy (non-hydrogen) atoms. The van der Waals surface area contributed by atoms with Crippen LogP contribution in [0.4, 0.5) is 5.69 Å². The van der Waals surface area contributed by atoms with Crippen LogP contribution in [0, 0.1) is 25.7 Å². The Morgan fingerprint density at radius 2 is 1.81 bits per heavy atom. The number of anilines is 1. The number of aliphatic hydroxyl groups is 1. The van der Waals surface area contributed by atoms with E-state index in [-0.39, 0.29) is 35.7 Å². The number of rotatable bonds is 7. The minimum absolute atomic E-state index is 0.0126. The summed E-state index contributed by atoms with van der Waals surface area (Å²) in [7, 11) is 0. The summed E-state index contributed by atoms with van der Waals surface area (Å²) in [5.41, 5.74) is 2.30. The van der Waals surface area contributed by atoms with E-state index in [1.807, 2.05) is 62.4 Å². The average Bonchev–Trinajstić information content (AvgIpc) is 3.44. The molecule has 3 N–H and O–H groups in total. The van der Waals surface area contributed by atoms with Gasteiger partial charge in [-0.3, -0.25) is 14.4 Å². The summed E-state index contributed by atoms with van der Waals surface area (Å²) in [4.78, 5) is 42.1. The Labute approximate surface area is 218 Å². The van der Waals surface area contributed by atoms with Crippen molar-refractivity contribution >= 4 is 39.3 Å². The predicted octanol–water partition coefficient (Wildman–Crippen LogP) is 2.30. The number of likely N-dealkylation sites (tertiary alicyclic amines) is 1. The van der Waals surface area contributed by atoms with Crippen molar-refractivity contribution in [2.75, 3.05) is 18.5 Å². The van der Waals surface area contributed by atoms with Gasteiger partial charge in [0.25, 0.3) is 0 Å². The zero-order valence-corrected chi connectivity index (χ0v) is 21.8. The molecule has 2 aromatic carbocycles. The minimum Gasteiger partial charge on any atom is -0.395 e. The summed E-state index contributed by atoms with van der Waals surface area (Å²) in [5, 5.41) is 15.7. The summed E-state index contributed by atoms with van der Waals surface area (Å²) >= 11 is 3.66. The third kappa shape index (κ3) is 3.93. The molecule has 0 saturated carbocycles. The van der Waals surface area contributed by atoms with Gasteiger partial charge in [0.05, 0.1) is 24.5 Å². The molecular formula is C27H30BrN3O5. The van der Waals surface area contributed by atoms with Crippen LogP contribution in [-0.4, -0.2) is 63.5 Å². The van der Waals surface area contributed by atoms with Crippen LogP contribution in [-0.2, 0) is 25.7 Å². The van der Waals surface area contributed by atoms with Crippen molar-refractivity contribution in [2.24, 2.45) is 11.8 Å². The maximum atomic E-state index is 13.8. The molecular weight excluding hydrogens is 526 g/mol. The molecule has 3 saturated heterocycles. The summed E-state index contributed by atoms with van der Waals surface area (Å²) in [6.07, 6.45) is -0.106. The SMILES string of the molecule is Cc1cccc(C)c1NC(=O)C1N(CCO)C(=O)[C@@H]2[C@@H](C(=O)NCc3ccccc3)[C@@H]3OC12CC3Br. The van der Waals surface area contributed by atoms with Crippen LogP contribution in [0.1, 0.15) is 23.1 Å². The molecule has 3 heterocycles. The van der Waals surface area contributed by atoms with E-state index in [9.17, 15) is 19.5 Å². The fourth-order valence-electron chi connectivity index (χ4n) is 6.18. The van der Waals surface area contributed by atoms with Gasteiger partial charge >= 0.3 is 0 Å². The molecule has 1 spiro atoms. The van der Waals surface area contributed by atoms with E-state index < -0.39 is 29.6 Å². The number of hydrogen-bond acceptors (Lipinski definition) is 5. The van der Waals surface area contributed by atoms with Crippen LogP contribution in [0.15, 0.2) is 48.5 Å². The van der Waals surface area contributed by atoms with Crippen LogP contribution in [0.3, 0.4) is 0 Å². The van der Waals surface area contributed by atoms with Gasteiger partial charge in [0.2, 0.25) is 17.7 Å². The van der Waals surface area contributed by atoms with Crippen molar-refractivity contribution in [1.82, 2.24) is 10.2 Å². The molecule has 3 aliphatic rings. The highest BCUT2D eigenvalue weighted by atomic mass is 79.9. The second kappa shape index (κ2) is 9.61. The van der Waals surface area contributed by atoms with Crippen molar-refractivity contribution in [2.45, 2.75) is 49.4 Å². The molecule has 3 unspecified atom stereocenters. The molecule has 3 aliphatic heterocycles. The van der Waals surface area contributed by atoms with Gasteiger partial charge in [0.15, 0.2) is 0 Å². The Morgan fingerprint density at radius 3 is 2.47 bits per heavy atom. The molecule has 5 rings (SSSR count). The number of halogens is 1. The highest BCUT2D eigenvalue weighted by Crippen LogP contribution is 2.60. The number of alkyl halides is 1. The monoisotopic (exact) mass is 555 g/mol. The first kappa shape index (κ1) is 24.9. The minimum atomic E-state index is -1.15. The Balaban J connectivity index is 1.46. The van der Waals surface area contributed by atoms with Crippen LogP contribution in [0.25, 0.3) is 0 Å². The van der Waals surface area contributed by atoms with Crippen LogP contribution < -0.4 is 10.6 Å². The highest BCUT2D eigenvalue weighted by molar-refractivity contribution is 9.09. The summed E-state index contributed by atoms with van der Waals surface area (Å²) < 4.78 is 6.45. The number of nitrogens with one attached hydrogen (secondary N) is 2. The number of aryl methyl sites for hydroxylation is 2. The number of aliphatic hydroxyl groups excluding tert-OH is 1. The van der Waals surface area contributed by atoms with Gasteiger partial charge in [-0.1, -0.05) is 64.5 Å². The molecule has 2 bridgehead atoms. The predicted molar refractivity (Wildman–Crippen MR) is 137 cm³/mol. The van der Waals surface area contributed by atoms with E-state index >= 15 is 0 Å². The molecule has 0 aliphatic carbocycles. The molecule has 3 fully saturated rings. The standard InChI is InChI=1S/C27H30BrN3O5/c1-15-7-6-8-16(2)21(15)30-25(34)23-27-13-18(28)22(36-27)19(20(27)26(35)31(23)11-12-32)24(33)29-14-17-9-4-3-5-10-17/h3-10,18-20,22-23,32H,11-14H2,1-2H3,(H,29,33)(H,30,34)/t18?,19-,20+,22-,23?,27?/m1/s1. The molecule has 190 valence electrons. The molecule has 0 radical (unpaired) electrons. The number of ether oxygens (including phenoxy) is 1. The maximum Gasteiger partial charge on any atom is 0.250 e. The fourth-order valence-corrected chi connectivity index (χ4v) is 7.13. The second-order valence-electron chi connectivity index (χ2n) is 9.88. The summed E-state index contributed by atoms with van der Waals surface area (Å²) in [6.45, 7) is 3.85. The molecule has 6 atom stereocenters. The Bertz CT molecular complexity index is 1170. The van der Waals surface area contributed by atoms with E-state index in [1.165, 1.54) is 4.90 Å². The van der Waals surface area contributed by atoms with E-state index in [1.54, 1.807) is 0 Å². The smallest absolute Gasteiger partial charge is 0.250 e. The lowest BCUT2D eigenvalue weighted by molar-refractivity contribution is -0.141. The number of hydrogen-bond donors (Lipinski definition) is 3. The zero-order valence-electron chi connectivity index (χ0n) is 20.2. The van der Waals surface area contributed by atoms with Crippen LogP contribution >= 0.6 is 15.9 Å². The number of benzene rings is 2. The zero-order chi connectivity index (χ0) is 25.6. The van der Waals surface area contributed by atoms with Crippen molar-refractivity contribution in [3.63, 3.8) is 0 Å². The average molecular weight is 556 g/mol. The van der Waals surface area contributed by atoms with Gasteiger partial charge < -0.3 is 25.4 Å². The quantitative estimate of drug-likeness (QED) is 0.454. The number of β-amino-alcohol motifs (C(OH)–C–C–N with tert-alkyl or cyclic N) is 1. The maximum absolute atomic E-state index is 13.8. The van der Waals surface area contributed by atoms with Gasteiger partial charge in [-0.25, -0.2) is 0 Å². The van der Waals surface area contributed by atoms with Crippen LogP contribution in [0.2, 0.25) is 0 Å². The lowest BCUT2D eigenvalue weighted by Crippen LogP contribution is -2.54. The molecule has 2 aromatic rings.